The van der Waals surface area contributed by atoms with Gasteiger partial charge in [0.1, 0.15) is 25.4 Å². The Balaban J connectivity index is 2.03. The quantitative estimate of drug-likeness (QED) is 0.335. The van der Waals surface area contributed by atoms with Crippen LogP contribution in [0.5, 0.6) is 5.75 Å². The van der Waals surface area contributed by atoms with Crippen molar-refractivity contribution >= 4 is 23.0 Å². The molecule has 150 valence electrons. The van der Waals surface area contributed by atoms with Gasteiger partial charge in [0.25, 0.3) is 0 Å². The highest BCUT2D eigenvalue weighted by molar-refractivity contribution is 7.80. The Morgan fingerprint density at radius 2 is 2.07 bits per heavy atom. The average Bonchev–Trinajstić information content (AvgIpc) is 2.67. The predicted octanol–water partition coefficient (Wildman–Crippen LogP) is 0.333. The van der Waals surface area contributed by atoms with Gasteiger partial charge in [-0.15, -0.1) is 0 Å². The summed E-state index contributed by atoms with van der Waals surface area (Å²) in [6.07, 6.45) is 0. The van der Waals surface area contributed by atoms with Crippen molar-refractivity contribution in [2.75, 3.05) is 47.1 Å². The molecule has 1 saturated heterocycles. The highest BCUT2D eigenvalue weighted by atomic mass is 32.1. The first-order chi connectivity index (χ1) is 13.0. The van der Waals surface area contributed by atoms with Gasteiger partial charge < -0.3 is 24.4 Å². The third-order valence-electron chi connectivity index (χ3n) is 4.46. The zero-order valence-corrected chi connectivity index (χ0v) is 17.4. The Bertz CT molecular complexity index is 648. The zero-order chi connectivity index (χ0) is 19.6. The van der Waals surface area contributed by atoms with E-state index in [0.717, 1.165) is 49.9 Å². The van der Waals surface area contributed by atoms with Crippen LogP contribution < -0.4 is 20.4 Å². The Morgan fingerprint density at radius 1 is 1.33 bits per heavy atom. The summed E-state index contributed by atoms with van der Waals surface area (Å²) in [6.45, 7) is 9.11. The number of benzene rings is 1. The normalized spacial score (nSPS) is 16.7. The van der Waals surface area contributed by atoms with E-state index in [0.29, 0.717) is 11.7 Å². The fourth-order valence-electron chi connectivity index (χ4n) is 2.99. The van der Waals surface area contributed by atoms with E-state index in [1.54, 1.807) is 14.2 Å². The van der Waals surface area contributed by atoms with E-state index in [1.165, 1.54) is 10.5 Å². The molecule has 1 aromatic rings. The van der Waals surface area contributed by atoms with Crippen LogP contribution in [0.1, 0.15) is 25.0 Å². The lowest BCUT2D eigenvalue weighted by Gasteiger charge is -2.24. The first-order valence-corrected chi connectivity index (χ1v) is 9.62. The summed E-state index contributed by atoms with van der Waals surface area (Å²) in [5, 5.41) is 8.01. The van der Waals surface area contributed by atoms with E-state index < -0.39 is 0 Å². The molecule has 1 atom stereocenters. The summed E-state index contributed by atoms with van der Waals surface area (Å²) in [4.78, 5) is 1.50. The largest absolute Gasteiger partial charge is 0.496 e. The van der Waals surface area contributed by atoms with Gasteiger partial charge in [0.15, 0.2) is 5.11 Å². The molecule has 3 N–H and O–H groups in total. The monoisotopic (exact) mass is 395 g/mol. The van der Waals surface area contributed by atoms with Crippen molar-refractivity contribution in [3.8, 4) is 5.75 Å². The highest BCUT2D eigenvalue weighted by Crippen LogP contribution is 2.19. The molecule has 0 radical (unpaired) electrons. The van der Waals surface area contributed by atoms with Gasteiger partial charge >= 0.3 is 0 Å². The molecule has 0 spiro atoms. The average molecular weight is 396 g/mol. The lowest BCUT2D eigenvalue weighted by atomic mass is 10.1. The predicted molar refractivity (Wildman–Crippen MR) is 111 cm³/mol. The number of morpholine rings is 1. The SMILES string of the molecule is COC[C@H](C)NC(=S)N/N=C(/C)c1ccc(OC)c(C[NH+]2CCOCC2)c1. The number of hydrogen-bond acceptors (Lipinski definition) is 5. The van der Waals surface area contributed by atoms with Crippen LogP contribution in [0.3, 0.4) is 0 Å². The molecule has 8 heteroatoms. The van der Waals surface area contributed by atoms with Crippen LogP contribution in [0.4, 0.5) is 0 Å². The van der Waals surface area contributed by atoms with Crippen LogP contribution >= 0.6 is 12.2 Å². The van der Waals surface area contributed by atoms with Gasteiger partial charge in [0.05, 0.1) is 32.6 Å². The third kappa shape index (κ3) is 7.06. The van der Waals surface area contributed by atoms with Crippen LogP contribution in [0.25, 0.3) is 0 Å². The maximum absolute atomic E-state index is 5.54. The minimum Gasteiger partial charge on any atom is -0.496 e. The van der Waals surface area contributed by atoms with Gasteiger partial charge in [0, 0.05) is 18.7 Å². The van der Waals surface area contributed by atoms with Crippen LogP contribution in [0.2, 0.25) is 0 Å². The molecule has 27 heavy (non-hydrogen) atoms. The summed E-state index contributed by atoms with van der Waals surface area (Å²) < 4.78 is 16.1. The van der Waals surface area contributed by atoms with Crippen molar-refractivity contribution in [1.82, 2.24) is 10.7 Å². The smallest absolute Gasteiger partial charge is 0.187 e. The van der Waals surface area contributed by atoms with Crippen LogP contribution in [0.15, 0.2) is 23.3 Å². The topological polar surface area (TPSA) is 68.5 Å². The number of rotatable bonds is 8. The third-order valence-corrected chi connectivity index (χ3v) is 4.67. The molecule has 0 amide bonds. The number of methoxy groups -OCH3 is 2. The van der Waals surface area contributed by atoms with Gasteiger partial charge in [-0.2, -0.15) is 5.10 Å². The fraction of sp³-hybridized carbons (Fsp3) is 0.579. The molecule has 0 saturated carbocycles. The number of ether oxygens (including phenoxy) is 3. The fourth-order valence-corrected chi connectivity index (χ4v) is 3.24. The minimum atomic E-state index is 0.120. The van der Waals surface area contributed by atoms with Crippen molar-refractivity contribution in [1.29, 1.82) is 0 Å². The number of quaternary nitrogens is 1. The van der Waals surface area contributed by atoms with Crippen LogP contribution in [-0.2, 0) is 16.0 Å². The molecule has 0 bridgehead atoms. The lowest BCUT2D eigenvalue weighted by molar-refractivity contribution is -0.921. The molecule has 0 unspecified atom stereocenters. The van der Waals surface area contributed by atoms with Crippen molar-refractivity contribution in [3.05, 3.63) is 29.3 Å². The summed E-state index contributed by atoms with van der Waals surface area (Å²) in [6, 6.07) is 6.28. The van der Waals surface area contributed by atoms with E-state index in [-0.39, 0.29) is 6.04 Å². The highest BCUT2D eigenvalue weighted by Gasteiger charge is 2.17. The van der Waals surface area contributed by atoms with Crippen molar-refractivity contribution in [2.45, 2.75) is 26.4 Å². The standard InChI is InChI=1S/C19H30N4O3S/c1-14(13-24-3)20-19(27)22-21-15(2)16-5-6-18(25-4)17(11-16)12-23-7-9-26-10-8-23/h5-6,11,14H,7-10,12-13H2,1-4H3,(H2,20,22,27)/p+1/b21-15-/t14-/m0/s1. The Labute approximate surface area is 167 Å². The second kappa shape index (κ2) is 11.2. The van der Waals surface area contributed by atoms with Crippen molar-refractivity contribution in [3.63, 3.8) is 0 Å². The number of nitrogens with zero attached hydrogens (tertiary/aromatic N) is 1. The molecule has 1 heterocycles. The molecule has 2 rings (SSSR count). The Morgan fingerprint density at radius 3 is 2.74 bits per heavy atom. The van der Waals surface area contributed by atoms with Gasteiger partial charge in [-0.25, -0.2) is 0 Å². The first-order valence-electron chi connectivity index (χ1n) is 9.21. The van der Waals surface area contributed by atoms with Crippen LogP contribution in [-0.4, -0.2) is 64.0 Å². The molecule has 1 fully saturated rings. The molecule has 1 aromatic carbocycles. The Kier molecular flexibility index (Phi) is 8.93. The molecular weight excluding hydrogens is 364 g/mol. The molecule has 1 aliphatic rings. The van der Waals surface area contributed by atoms with E-state index in [1.807, 2.05) is 26.0 Å². The summed E-state index contributed by atoms with van der Waals surface area (Å²) in [5.74, 6) is 0.907. The molecule has 1 aliphatic heterocycles. The van der Waals surface area contributed by atoms with Crippen molar-refractivity contribution in [2.24, 2.45) is 5.10 Å². The summed E-state index contributed by atoms with van der Waals surface area (Å²) >= 11 is 5.27. The van der Waals surface area contributed by atoms with Gasteiger partial charge in [0.2, 0.25) is 0 Å². The minimum absolute atomic E-state index is 0.120. The molecule has 7 nitrogen and oxygen atoms in total. The number of thiocarbonyl (C=S) groups is 1. The second-order valence-corrected chi connectivity index (χ2v) is 7.11. The Hall–Kier alpha value is -1.74. The van der Waals surface area contributed by atoms with Gasteiger partial charge in [-0.3, -0.25) is 5.43 Å². The number of hydrazone groups is 1. The van der Waals surface area contributed by atoms with E-state index in [9.17, 15) is 0 Å². The molecule has 0 aliphatic carbocycles. The van der Waals surface area contributed by atoms with Gasteiger partial charge in [-0.05, 0) is 49.8 Å². The van der Waals surface area contributed by atoms with Gasteiger partial charge in [-0.1, -0.05) is 0 Å². The maximum Gasteiger partial charge on any atom is 0.187 e. The van der Waals surface area contributed by atoms with E-state index in [4.69, 9.17) is 26.4 Å². The summed E-state index contributed by atoms with van der Waals surface area (Å²) in [7, 11) is 3.37. The van der Waals surface area contributed by atoms with E-state index >= 15 is 0 Å². The second-order valence-electron chi connectivity index (χ2n) is 6.70. The van der Waals surface area contributed by atoms with Crippen molar-refractivity contribution < 1.29 is 19.1 Å². The molecule has 0 aromatic heterocycles. The van der Waals surface area contributed by atoms with Crippen LogP contribution in [0, 0.1) is 0 Å². The number of nitrogens with one attached hydrogen (secondary N) is 3. The van der Waals surface area contributed by atoms with E-state index in [2.05, 4.69) is 21.9 Å². The molecular formula is C19H31N4O3S+. The lowest BCUT2D eigenvalue weighted by Crippen LogP contribution is -3.12. The summed E-state index contributed by atoms with van der Waals surface area (Å²) in [5.41, 5.74) is 5.98. The number of hydrogen-bond donors (Lipinski definition) is 3. The maximum atomic E-state index is 5.54. The first kappa shape index (κ1) is 21.6. The zero-order valence-electron chi connectivity index (χ0n) is 16.6.